The summed E-state index contributed by atoms with van der Waals surface area (Å²) < 4.78 is 24.5. The summed E-state index contributed by atoms with van der Waals surface area (Å²) in [6.45, 7) is 4.89. The van der Waals surface area contributed by atoms with Crippen molar-refractivity contribution in [3.05, 3.63) is 0 Å². The lowest BCUT2D eigenvalue weighted by atomic mass is 10.1. The highest BCUT2D eigenvalue weighted by atomic mass is 32.2. The maximum atomic E-state index is 11.0. The van der Waals surface area contributed by atoms with Crippen molar-refractivity contribution in [2.45, 2.75) is 25.8 Å². The summed E-state index contributed by atoms with van der Waals surface area (Å²) in [4.78, 5) is 0. The van der Waals surface area contributed by atoms with E-state index in [0.29, 0.717) is 19.5 Å². The molecule has 0 spiro atoms. The number of terminal acetylenes is 1. The molecule has 0 heterocycles. The van der Waals surface area contributed by atoms with Gasteiger partial charge in [-0.25, -0.2) is 13.1 Å². The second-order valence-electron chi connectivity index (χ2n) is 3.89. The summed E-state index contributed by atoms with van der Waals surface area (Å²) >= 11 is 0. The molecule has 4 nitrogen and oxygen atoms in total. The molecule has 0 bridgehead atoms. The minimum atomic E-state index is -3.15. The molecule has 0 unspecified atom stereocenters. The first-order valence-corrected chi connectivity index (χ1v) is 6.29. The van der Waals surface area contributed by atoms with E-state index in [1.807, 2.05) is 13.8 Å². The lowest BCUT2D eigenvalue weighted by Crippen LogP contribution is -2.49. The van der Waals surface area contributed by atoms with Crippen LogP contribution in [0.15, 0.2) is 0 Å². The molecule has 0 aliphatic heterocycles. The zero-order chi connectivity index (χ0) is 11.2. The van der Waals surface area contributed by atoms with Crippen molar-refractivity contribution in [1.82, 2.24) is 10.0 Å². The van der Waals surface area contributed by atoms with Gasteiger partial charge in [-0.3, -0.25) is 0 Å². The molecule has 0 saturated heterocycles. The molecule has 0 rings (SSSR count). The van der Waals surface area contributed by atoms with Crippen molar-refractivity contribution in [3.63, 3.8) is 0 Å². The average molecular weight is 218 g/mol. The number of nitrogens with one attached hydrogen (secondary N) is 2. The average Bonchev–Trinajstić information content (AvgIpc) is 1.93. The highest BCUT2D eigenvalue weighted by Crippen LogP contribution is 2.01. The molecule has 0 aromatic heterocycles. The van der Waals surface area contributed by atoms with Crippen LogP contribution in [0.3, 0.4) is 0 Å². The Morgan fingerprint density at radius 2 is 2.00 bits per heavy atom. The van der Waals surface area contributed by atoms with Crippen LogP contribution in [-0.4, -0.2) is 33.3 Å². The van der Waals surface area contributed by atoms with Gasteiger partial charge >= 0.3 is 0 Å². The minimum Gasteiger partial charge on any atom is -0.314 e. The van der Waals surface area contributed by atoms with E-state index in [4.69, 9.17) is 6.42 Å². The van der Waals surface area contributed by atoms with Crippen molar-refractivity contribution >= 4 is 10.0 Å². The molecular weight excluding hydrogens is 200 g/mol. The second kappa shape index (κ2) is 5.35. The van der Waals surface area contributed by atoms with Crippen LogP contribution in [-0.2, 0) is 10.0 Å². The third-order valence-corrected chi connectivity index (χ3v) is 2.40. The Balaban J connectivity index is 3.91. The summed E-state index contributed by atoms with van der Waals surface area (Å²) in [6, 6.07) is 0. The standard InChI is InChI=1S/C9H18N2O2S/c1-5-6-7-10-8-9(2,3)11-14(4,12)13/h1,10-11H,6-8H2,2-4H3. The van der Waals surface area contributed by atoms with Crippen LogP contribution in [0.5, 0.6) is 0 Å². The maximum Gasteiger partial charge on any atom is 0.209 e. The smallest absolute Gasteiger partial charge is 0.209 e. The van der Waals surface area contributed by atoms with Crippen LogP contribution in [0.1, 0.15) is 20.3 Å². The first-order chi connectivity index (χ1) is 6.27. The molecular formula is C9H18N2O2S. The molecule has 0 aromatic carbocycles. The fourth-order valence-corrected chi connectivity index (χ4v) is 2.18. The Hall–Kier alpha value is -0.570. The number of hydrogen-bond acceptors (Lipinski definition) is 3. The van der Waals surface area contributed by atoms with Crippen LogP contribution in [0, 0.1) is 12.3 Å². The molecule has 0 fully saturated rings. The fourth-order valence-electron chi connectivity index (χ4n) is 1.10. The van der Waals surface area contributed by atoms with E-state index < -0.39 is 15.6 Å². The Bertz CT molecular complexity index is 301. The third kappa shape index (κ3) is 8.05. The number of hydrogen-bond donors (Lipinski definition) is 2. The quantitative estimate of drug-likeness (QED) is 0.484. The largest absolute Gasteiger partial charge is 0.314 e. The zero-order valence-electron chi connectivity index (χ0n) is 8.92. The van der Waals surface area contributed by atoms with Gasteiger partial charge in [-0.05, 0) is 13.8 Å². The van der Waals surface area contributed by atoms with Crippen LogP contribution < -0.4 is 10.0 Å². The molecule has 0 amide bonds. The normalized spacial score (nSPS) is 12.4. The predicted molar refractivity (Wildman–Crippen MR) is 58.4 cm³/mol. The van der Waals surface area contributed by atoms with E-state index in [-0.39, 0.29) is 0 Å². The zero-order valence-corrected chi connectivity index (χ0v) is 9.74. The van der Waals surface area contributed by atoms with Gasteiger partial charge in [0.05, 0.1) is 6.26 Å². The Morgan fingerprint density at radius 1 is 1.43 bits per heavy atom. The monoisotopic (exact) mass is 218 g/mol. The Morgan fingerprint density at radius 3 is 2.43 bits per heavy atom. The van der Waals surface area contributed by atoms with Gasteiger partial charge < -0.3 is 5.32 Å². The lowest BCUT2D eigenvalue weighted by Gasteiger charge is -2.25. The van der Waals surface area contributed by atoms with Crippen LogP contribution >= 0.6 is 0 Å². The fraction of sp³-hybridized carbons (Fsp3) is 0.778. The Kier molecular flexibility index (Phi) is 5.13. The van der Waals surface area contributed by atoms with E-state index in [1.54, 1.807) is 0 Å². The third-order valence-electron chi connectivity index (χ3n) is 1.47. The molecule has 2 N–H and O–H groups in total. The lowest BCUT2D eigenvalue weighted by molar-refractivity contribution is 0.424. The van der Waals surface area contributed by atoms with Crippen molar-refractivity contribution < 1.29 is 8.42 Å². The first kappa shape index (κ1) is 13.4. The SMILES string of the molecule is C#CCCNCC(C)(C)NS(C)(=O)=O. The molecule has 0 radical (unpaired) electrons. The molecule has 0 aliphatic carbocycles. The van der Waals surface area contributed by atoms with E-state index in [0.717, 1.165) is 6.26 Å². The topological polar surface area (TPSA) is 58.2 Å². The van der Waals surface area contributed by atoms with Crippen molar-refractivity contribution in [2.24, 2.45) is 0 Å². The summed E-state index contributed by atoms with van der Waals surface area (Å²) in [7, 11) is -3.15. The molecule has 0 aromatic rings. The highest BCUT2D eigenvalue weighted by molar-refractivity contribution is 7.88. The minimum absolute atomic E-state index is 0.484. The maximum absolute atomic E-state index is 11.0. The van der Waals surface area contributed by atoms with Crippen LogP contribution in [0.2, 0.25) is 0 Å². The van der Waals surface area contributed by atoms with E-state index in [1.165, 1.54) is 0 Å². The molecule has 14 heavy (non-hydrogen) atoms. The molecule has 5 heteroatoms. The predicted octanol–water partition coefficient (Wildman–Crippen LogP) is -0.0729. The molecule has 0 saturated carbocycles. The number of rotatable bonds is 6. The van der Waals surface area contributed by atoms with Crippen molar-refractivity contribution in [2.75, 3.05) is 19.3 Å². The van der Waals surface area contributed by atoms with Gasteiger partial charge in [-0.2, -0.15) is 0 Å². The van der Waals surface area contributed by atoms with Gasteiger partial charge in [0.2, 0.25) is 10.0 Å². The second-order valence-corrected chi connectivity index (χ2v) is 5.64. The van der Waals surface area contributed by atoms with Gasteiger partial charge in [0.1, 0.15) is 0 Å². The summed E-state index contributed by atoms with van der Waals surface area (Å²) in [6.07, 6.45) is 6.88. The highest BCUT2D eigenvalue weighted by Gasteiger charge is 2.20. The first-order valence-electron chi connectivity index (χ1n) is 4.40. The number of sulfonamides is 1. The van der Waals surface area contributed by atoms with Crippen molar-refractivity contribution in [1.29, 1.82) is 0 Å². The Labute approximate surface area is 86.5 Å². The van der Waals surface area contributed by atoms with Gasteiger partial charge in [0.25, 0.3) is 0 Å². The summed E-state index contributed by atoms with van der Waals surface area (Å²) in [5, 5.41) is 3.08. The van der Waals surface area contributed by atoms with Crippen LogP contribution in [0.25, 0.3) is 0 Å². The van der Waals surface area contributed by atoms with Crippen molar-refractivity contribution in [3.8, 4) is 12.3 Å². The van der Waals surface area contributed by atoms with Gasteiger partial charge in [0, 0.05) is 25.0 Å². The summed E-state index contributed by atoms with van der Waals surface area (Å²) in [5.41, 5.74) is -0.484. The van der Waals surface area contributed by atoms with E-state index in [9.17, 15) is 8.42 Å². The van der Waals surface area contributed by atoms with Gasteiger partial charge in [-0.1, -0.05) is 0 Å². The van der Waals surface area contributed by atoms with E-state index in [2.05, 4.69) is 16.0 Å². The van der Waals surface area contributed by atoms with Crippen LogP contribution in [0.4, 0.5) is 0 Å². The van der Waals surface area contributed by atoms with Gasteiger partial charge in [0.15, 0.2) is 0 Å². The molecule has 0 aliphatic rings. The molecule has 82 valence electrons. The van der Waals surface area contributed by atoms with E-state index >= 15 is 0 Å². The molecule has 0 atom stereocenters. The van der Waals surface area contributed by atoms with Gasteiger partial charge in [-0.15, -0.1) is 12.3 Å². The summed E-state index contributed by atoms with van der Waals surface area (Å²) in [5.74, 6) is 2.50.